The number of rotatable bonds is 5. The summed E-state index contributed by atoms with van der Waals surface area (Å²) < 4.78 is 5.40. The van der Waals surface area contributed by atoms with Gasteiger partial charge in [-0.2, -0.15) is 4.98 Å². The molecule has 0 unspecified atom stereocenters. The number of carbonyl (C=O) groups excluding carboxylic acids is 1. The van der Waals surface area contributed by atoms with Crippen molar-refractivity contribution in [1.82, 2.24) is 15.5 Å². The number of fused-ring (bicyclic) bond motifs is 1. The maximum absolute atomic E-state index is 12.8. The van der Waals surface area contributed by atoms with Gasteiger partial charge >= 0.3 is 0 Å². The Morgan fingerprint density at radius 3 is 2.85 bits per heavy atom. The zero-order valence-corrected chi connectivity index (χ0v) is 16.0. The second-order valence-corrected chi connectivity index (χ2v) is 7.61. The molecule has 1 N–H and O–H groups in total. The Hall–Kier alpha value is -2.21. The molecule has 2 aromatic rings. The minimum absolute atomic E-state index is 0.175. The van der Waals surface area contributed by atoms with Crippen LogP contribution in [-0.4, -0.2) is 35.2 Å². The van der Waals surface area contributed by atoms with Crippen molar-refractivity contribution in [3.8, 4) is 0 Å². The molecule has 0 radical (unpaired) electrons. The van der Waals surface area contributed by atoms with Gasteiger partial charge in [0.05, 0.1) is 6.54 Å². The molecule has 1 saturated carbocycles. The van der Waals surface area contributed by atoms with E-state index in [0.717, 1.165) is 68.9 Å². The molecule has 1 aliphatic heterocycles. The van der Waals surface area contributed by atoms with E-state index in [0.29, 0.717) is 18.5 Å². The van der Waals surface area contributed by atoms with Crippen LogP contribution in [0.25, 0.3) is 0 Å². The maximum atomic E-state index is 12.8. The Balaban J connectivity index is 1.27. The first-order valence-electron chi connectivity index (χ1n) is 10.2. The van der Waals surface area contributed by atoms with E-state index in [2.05, 4.69) is 33.7 Å². The molecule has 4 rings (SSSR count). The molecule has 1 aliphatic carbocycles. The maximum Gasteiger partial charge on any atom is 0.240 e. The quantitative estimate of drug-likeness (QED) is 0.877. The highest BCUT2D eigenvalue weighted by molar-refractivity contribution is 5.95. The molecular formula is C21H28N4O2. The smallest absolute Gasteiger partial charge is 0.240 e. The largest absolute Gasteiger partial charge is 0.339 e. The fourth-order valence-electron chi connectivity index (χ4n) is 4.24. The van der Waals surface area contributed by atoms with Gasteiger partial charge in [0.15, 0.2) is 5.82 Å². The molecule has 6 nitrogen and oxygen atoms in total. The van der Waals surface area contributed by atoms with E-state index in [1.165, 1.54) is 5.56 Å². The molecule has 1 fully saturated rings. The van der Waals surface area contributed by atoms with Gasteiger partial charge in [0.25, 0.3) is 0 Å². The first kappa shape index (κ1) is 18.2. The van der Waals surface area contributed by atoms with Crippen molar-refractivity contribution >= 4 is 11.6 Å². The Labute approximate surface area is 160 Å². The molecule has 1 aromatic carbocycles. The lowest BCUT2D eigenvalue weighted by atomic mass is 9.86. The summed E-state index contributed by atoms with van der Waals surface area (Å²) in [5.74, 6) is 2.11. The third-order valence-electron chi connectivity index (χ3n) is 5.83. The number of aryl methyl sites for hydroxylation is 2. The molecule has 2 aliphatic rings. The zero-order valence-electron chi connectivity index (χ0n) is 16.0. The van der Waals surface area contributed by atoms with Gasteiger partial charge in [-0.25, -0.2) is 0 Å². The Kier molecular flexibility index (Phi) is 5.53. The Bertz CT molecular complexity index is 780. The topological polar surface area (TPSA) is 71.3 Å². The molecule has 2 heterocycles. The van der Waals surface area contributed by atoms with E-state index in [4.69, 9.17) is 4.52 Å². The number of nitrogens with one attached hydrogen (secondary N) is 1. The number of benzene rings is 1. The highest BCUT2D eigenvalue weighted by atomic mass is 16.5. The summed E-state index contributed by atoms with van der Waals surface area (Å²) in [5, 5.41) is 7.49. The van der Waals surface area contributed by atoms with E-state index in [9.17, 15) is 4.79 Å². The van der Waals surface area contributed by atoms with Gasteiger partial charge in [0, 0.05) is 30.6 Å². The summed E-state index contributed by atoms with van der Waals surface area (Å²) in [6, 6.07) is 8.65. The first-order chi connectivity index (χ1) is 13.2. The van der Waals surface area contributed by atoms with Crippen LogP contribution in [0.5, 0.6) is 0 Å². The number of amides is 1. The van der Waals surface area contributed by atoms with Crippen molar-refractivity contribution in [3.63, 3.8) is 0 Å². The number of hydrogen-bond acceptors (Lipinski definition) is 5. The SMILES string of the molecule is CCc1noc(C2CCC(NCC(=O)N3CCCc4ccccc43)CC2)n1. The van der Waals surface area contributed by atoms with Crippen molar-refractivity contribution < 1.29 is 9.32 Å². The van der Waals surface area contributed by atoms with Crippen LogP contribution in [0.4, 0.5) is 5.69 Å². The minimum atomic E-state index is 0.175. The highest BCUT2D eigenvalue weighted by Crippen LogP contribution is 2.32. The summed E-state index contributed by atoms with van der Waals surface area (Å²) in [6.45, 7) is 3.26. The van der Waals surface area contributed by atoms with E-state index < -0.39 is 0 Å². The van der Waals surface area contributed by atoms with E-state index in [1.807, 2.05) is 17.9 Å². The van der Waals surface area contributed by atoms with Crippen LogP contribution in [0.2, 0.25) is 0 Å². The van der Waals surface area contributed by atoms with Gasteiger partial charge in [0.2, 0.25) is 11.8 Å². The van der Waals surface area contributed by atoms with Gasteiger partial charge in [-0.05, 0) is 50.2 Å². The van der Waals surface area contributed by atoms with Gasteiger partial charge < -0.3 is 14.7 Å². The standard InChI is InChI=1S/C21H28N4O2/c1-2-19-23-21(27-24-19)16-9-11-17(12-10-16)22-14-20(26)25-13-5-7-15-6-3-4-8-18(15)25/h3-4,6,8,16-17,22H,2,5,7,9-14H2,1H3. The Morgan fingerprint density at radius 1 is 1.26 bits per heavy atom. The van der Waals surface area contributed by atoms with Crippen molar-refractivity contribution in [2.45, 2.75) is 63.8 Å². The average Bonchev–Trinajstić information content (AvgIpc) is 3.21. The highest BCUT2D eigenvalue weighted by Gasteiger charge is 2.27. The summed E-state index contributed by atoms with van der Waals surface area (Å²) in [6.07, 6.45) is 7.05. The van der Waals surface area contributed by atoms with Crippen LogP contribution in [0.3, 0.4) is 0 Å². The van der Waals surface area contributed by atoms with Gasteiger partial charge in [0.1, 0.15) is 0 Å². The zero-order chi connectivity index (χ0) is 18.6. The number of anilines is 1. The molecule has 1 amide bonds. The van der Waals surface area contributed by atoms with Crippen LogP contribution < -0.4 is 10.2 Å². The minimum Gasteiger partial charge on any atom is -0.339 e. The van der Waals surface area contributed by atoms with Gasteiger partial charge in [-0.1, -0.05) is 30.3 Å². The van der Waals surface area contributed by atoms with Crippen LogP contribution in [0.1, 0.15) is 62.2 Å². The first-order valence-corrected chi connectivity index (χ1v) is 10.2. The second kappa shape index (κ2) is 8.21. The molecule has 6 heteroatoms. The lowest BCUT2D eigenvalue weighted by Crippen LogP contribution is -2.44. The van der Waals surface area contributed by atoms with Crippen LogP contribution in [-0.2, 0) is 17.6 Å². The van der Waals surface area contributed by atoms with Gasteiger partial charge in [-0.15, -0.1) is 0 Å². The summed E-state index contributed by atoms with van der Waals surface area (Å²) in [5.41, 5.74) is 2.37. The average molecular weight is 368 g/mol. The molecule has 144 valence electrons. The Morgan fingerprint density at radius 2 is 2.07 bits per heavy atom. The molecule has 0 atom stereocenters. The van der Waals surface area contributed by atoms with Crippen LogP contribution in [0, 0.1) is 0 Å². The van der Waals surface area contributed by atoms with Gasteiger partial charge in [-0.3, -0.25) is 4.79 Å². The summed E-state index contributed by atoms with van der Waals surface area (Å²) in [7, 11) is 0. The monoisotopic (exact) mass is 368 g/mol. The molecule has 27 heavy (non-hydrogen) atoms. The molecule has 0 saturated heterocycles. The van der Waals surface area contributed by atoms with E-state index >= 15 is 0 Å². The number of hydrogen-bond donors (Lipinski definition) is 1. The summed E-state index contributed by atoms with van der Waals surface area (Å²) in [4.78, 5) is 19.2. The fraction of sp³-hybridized carbons (Fsp3) is 0.571. The number of aromatic nitrogens is 2. The fourth-order valence-corrected chi connectivity index (χ4v) is 4.24. The predicted molar refractivity (Wildman–Crippen MR) is 104 cm³/mol. The van der Waals surface area contributed by atoms with E-state index in [1.54, 1.807) is 0 Å². The van der Waals surface area contributed by atoms with Crippen LogP contribution >= 0.6 is 0 Å². The van der Waals surface area contributed by atoms with Crippen molar-refractivity contribution in [1.29, 1.82) is 0 Å². The predicted octanol–water partition coefficient (Wildman–Crippen LogP) is 3.23. The molecule has 0 bridgehead atoms. The molecule has 1 aromatic heterocycles. The van der Waals surface area contributed by atoms with Crippen molar-refractivity contribution in [3.05, 3.63) is 41.5 Å². The van der Waals surface area contributed by atoms with Crippen LogP contribution in [0.15, 0.2) is 28.8 Å². The normalized spacial score (nSPS) is 22.5. The number of nitrogens with zero attached hydrogens (tertiary/aromatic N) is 3. The number of para-hydroxylation sites is 1. The molecular weight excluding hydrogens is 340 g/mol. The van der Waals surface area contributed by atoms with Crippen molar-refractivity contribution in [2.75, 3.05) is 18.0 Å². The number of carbonyl (C=O) groups is 1. The lowest BCUT2D eigenvalue weighted by Gasteiger charge is -2.31. The third-order valence-corrected chi connectivity index (χ3v) is 5.83. The lowest BCUT2D eigenvalue weighted by molar-refractivity contribution is -0.118. The summed E-state index contributed by atoms with van der Waals surface area (Å²) >= 11 is 0. The molecule has 0 spiro atoms. The van der Waals surface area contributed by atoms with Crippen molar-refractivity contribution in [2.24, 2.45) is 0 Å². The van der Waals surface area contributed by atoms with E-state index in [-0.39, 0.29) is 5.91 Å². The third kappa shape index (κ3) is 4.05. The second-order valence-electron chi connectivity index (χ2n) is 7.61.